The van der Waals surface area contributed by atoms with Crippen molar-refractivity contribution in [1.82, 2.24) is 14.5 Å². The number of sulfonamides is 1. The van der Waals surface area contributed by atoms with Gasteiger partial charge in [-0.05, 0) is 76.7 Å². The van der Waals surface area contributed by atoms with Gasteiger partial charge in [0.15, 0.2) is 0 Å². The van der Waals surface area contributed by atoms with E-state index in [-0.39, 0.29) is 31.2 Å². The van der Waals surface area contributed by atoms with Crippen LogP contribution in [0.4, 0.5) is 0 Å². The molecular weight excluding hydrogens is 474 g/mol. The monoisotopic (exact) mass is 513 g/mol. The van der Waals surface area contributed by atoms with E-state index in [0.29, 0.717) is 29.8 Å². The van der Waals surface area contributed by atoms with Gasteiger partial charge in [-0.1, -0.05) is 48.0 Å². The van der Waals surface area contributed by atoms with Gasteiger partial charge in [0, 0.05) is 25.2 Å². The van der Waals surface area contributed by atoms with Crippen molar-refractivity contribution in [3.05, 3.63) is 65.7 Å². The van der Waals surface area contributed by atoms with E-state index in [1.807, 2.05) is 6.92 Å². The van der Waals surface area contributed by atoms with Crippen LogP contribution < -0.4 is 5.32 Å². The molecule has 1 amide bonds. The molecule has 1 aliphatic heterocycles. The van der Waals surface area contributed by atoms with Crippen molar-refractivity contribution in [3.63, 3.8) is 0 Å². The summed E-state index contributed by atoms with van der Waals surface area (Å²) in [7, 11) is 0.737. The molecule has 0 spiro atoms. The van der Waals surface area contributed by atoms with Crippen LogP contribution in [0.2, 0.25) is 0 Å². The molecule has 0 radical (unpaired) electrons. The molecule has 1 saturated heterocycles. The molecule has 8 heteroatoms. The van der Waals surface area contributed by atoms with Gasteiger partial charge >= 0.3 is 0 Å². The Morgan fingerprint density at radius 1 is 1.03 bits per heavy atom. The van der Waals surface area contributed by atoms with Crippen LogP contribution in [0, 0.1) is 12.8 Å². The van der Waals surface area contributed by atoms with Crippen LogP contribution in [0.1, 0.15) is 49.3 Å². The topological polar surface area (TPSA) is 78.9 Å². The summed E-state index contributed by atoms with van der Waals surface area (Å²) in [5, 5.41) is 3.13. The first-order valence-electron chi connectivity index (χ1n) is 12.9. The molecule has 196 valence electrons. The molecule has 2 unspecified atom stereocenters. The summed E-state index contributed by atoms with van der Waals surface area (Å²) in [6, 6.07) is 18.1. The van der Waals surface area contributed by atoms with Gasteiger partial charge in [0.2, 0.25) is 15.9 Å². The number of hydrogen-bond donors (Lipinski definition) is 1. The molecule has 2 atom stereocenters. The predicted octanol–water partition coefficient (Wildman–Crippen LogP) is 3.75. The summed E-state index contributed by atoms with van der Waals surface area (Å²) in [5.41, 5.74) is 2.36. The minimum atomic E-state index is -3.54. The summed E-state index contributed by atoms with van der Waals surface area (Å²) < 4.78 is 33.0. The van der Waals surface area contributed by atoms with E-state index in [1.54, 1.807) is 24.3 Å². The number of aryl methyl sites for hydroxylation is 1. The number of nitrogens with zero attached hydrogens (tertiary/aromatic N) is 2. The van der Waals surface area contributed by atoms with E-state index in [2.05, 4.69) is 54.6 Å². The molecule has 2 aromatic rings. The summed E-state index contributed by atoms with van der Waals surface area (Å²) in [5.74, 6) is 0.442. The van der Waals surface area contributed by atoms with Crippen molar-refractivity contribution < 1.29 is 17.9 Å². The maximum atomic E-state index is 12.9. The fourth-order valence-corrected chi connectivity index (χ4v) is 7.08. The number of amides is 1. The molecule has 1 saturated carbocycles. The van der Waals surface area contributed by atoms with Crippen molar-refractivity contribution in [3.8, 4) is 0 Å². The van der Waals surface area contributed by atoms with E-state index in [4.69, 9.17) is 4.74 Å². The Morgan fingerprint density at radius 2 is 1.69 bits per heavy atom. The second kappa shape index (κ2) is 11.9. The Bertz CT molecular complexity index is 1100. The third-order valence-corrected chi connectivity index (χ3v) is 9.38. The van der Waals surface area contributed by atoms with Gasteiger partial charge < -0.3 is 15.0 Å². The number of carbonyl (C=O) groups excluding carboxylic acids is 1. The Hall–Kier alpha value is -2.26. The highest BCUT2D eigenvalue weighted by molar-refractivity contribution is 7.89. The van der Waals surface area contributed by atoms with E-state index in [1.165, 1.54) is 9.87 Å². The largest absolute Gasteiger partial charge is 0.367 e. The molecule has 4 rings (SSSR count). The molecule has 7 nitrogen and oxygen atoms in total. The molecule has 2 aromatic carbocycles. The van der Waals surface area contributed by atoms with Crippen molar-refractivity contribution in [2.75, 3.05) is 33.8 Å². The molecule has 2 aliphatic rings. The molecule has 0 bridgehead atoms. The lowest BCUT2D eigenvalue weighted by Gasteiger charge is -2.37. The average molecular weight is 514 g/mol. The zero-order valence-electron chi connectivity index (χ0n) is 21.6. The van der Waals surface area contributed by atoms with E-state index in [9.17, 15) is 13.2 Å². The number of benzene rings is 2. The Morgan fingerprint density at radius 3 is 2.33 bits per heavy atom. The van der Waals surface area contributed by atoms with Crippen LogP contribution in [-0.4, -0.2) is 69.5 Å². The highest BCUT2D eigenvalue weighted by atomic mass is 32.2. The summed E-state index contributed by atoms with van der Waals surface area (Å²) in [6.45, 7) is 2.58. The first-order valence-corrected chi connectivity index (χ1v) is 14.4. The predicted molar refractivity (Wildman–Crippen MR) is 141 cm³/mol. The molecule has 1 aliphatic carbocycles. The lowest BCUT2D eigenvalue weighted by atomic mass is 9.78. The number of nitrogens with one attached hydrogen (secondary N) is 1. The SMILES string of the molecule is Cc1ccc(S(=O)(=O)N2CCC(OCC(=O)NC3CCC(C(c4ccccc4)N(C)C)CC3)C2)cc1. The first-order chi connectivity index (χ1) is 17.2. The number of ether oxygens (including phenoxy) is 1. The Balaban J connectivity index is 1.21. The minimum absolute atomic E-state index is 0.0344. The van der Waals surface area contributed by atoms with Crippen LogP contribution in [0.25, 0.3) is 0 Å². The second-order valence-electron chi connectivity index (χ2n) is 10.4. The Kier molecular flexibility index (Phi) is 8.83. The molecular formula is C28H39N3O4S. The zero-order chi connectivity index (χ0) is 25.7. The molecule has 0 aromatic heterocycles. The van der Waals surface area contributed by atoms with Crippen LogP contribution >= 0.6 is 0 Å². The average Bonchev–Trinajstić information content (AvgIpc) is 3.35. The van der Waals surface area contributed by atoms with E-state index >= 15 is 0 Å². The van der Waals surface area contributed by atoms with Gasteiger partial charge in [0.1, 0.15) is 6.61 Å². The van der Waals surface area contributed by atoms with Crippen LogP contribution in [0.15, 0.2) is 59.5 Å². The van der Waals surface area contributed by atoms with E-state index < -0.39 is 10.0 Å². The maximum Gasteiger partial charge on any atom is 0.246 e. The molecule has 1 N–H and O–H groups in total. The third-order valence-electron chi connectivity index (χ3n) is 7.50. The number of carbonyl (C=O) groups is 1. The zero-order valence-corrected chi connectivity index (χ0v) is 22.4. The fraction of sp³-hybridized carbons (Fsp3) is 0.536. The molecule has 1 heterocycles. The third kappa shape index (κ3) is 6.54. The second-order valence-corrected chi connectivity index (χ2v) is 12.3. The first kappa shape index (κ1) is 26.8. The lowest BCUT2D eigenvalue weighted by molar-refractivity contribution is -0.128. The fourth-order valence-electron chi connectivity index (χ4n) is 5.60. The van der Waals surface area contributed by atoms with Gasteiger partial charge in [0.25, 0.3) is 0 Å². The summed E-state index contributed by atoms with van der Waals surface area (Å²) in [4.78, 5) is 15.2. The van der Waals surface area contributed by atoms with Crippen molar-refractivity contribution in [2.45, 2.75) is 62.1 Å². The molecule has 36 heavy (non-hydrogen) atoms. The van der Waals surface area contributed by atoms with Crippen LogP contribution in [-0.2, 0) is 19.6 Å². The van der Waals surface area contributed by atoms with Gasteiger partial charge in [-0.3, -0.25) is 4.79 Å². The lowest BCUT2D eigenvalue weighted by Crippen LogP contribution is -2.42. The van der Waals surface area contributed by atoms with Crippen LogP contribution in [0.5, 0.6) is 0 Å². The number of hydrogen-bond acceptors (Lipinski definition) is 5. The smallest absolute Gasteiger partial charge is 0.246 e. The van der Waals surface area contributed by atoms with Gasteiger partial charge in [-0.2, -0.15) is 4.31 Å². The summed E-state index contributed by atoms with van der Waals surface area (Å²) in [6.07, 6.45) is 4.38. The van der Waals surface area contributed by atoms with Crippen molar-refractivity contribution in [2.24, 2.45) is 5.92 Å². The minimum Gasteiger partial charge on any atom is -0.367 e. The number of rotatable bonds is 9. The maximum absolute atomic E-state index is 12.9. The van der Waals surface area contributed by atoms with Crippen LogP contribution in [0.3, 0.4) is 0 Å². The highest BCUT2D eigenvalue weighted by Crippen LogP contribution is 2.37. The molecule has 2 fully saturated rings. The van der Waals surface area contributed by atoms with Gasteiger partial charge in [0.05, 0.1) is 11.0 Å². The van der Waals surface area contributed by atoms with Crippen molar-refractivity contribution in [1.29, 1.82) is 0 Å². The Labute approximate surface area is 215 Å². The van der Waals surface area contributed by atoms with Gasteiger partial charge in [-0.25, -0.2) is 8.42 Å². The summed E-state index contributed by atoms with van der Waals surface area (Å²) >= 11 is 0. The van der Waals surface area contributed by atoms with Gasteiger partial charge in [-0.15, -0.1) is 0 Å². The highest BCUT2D eigenvalue weighted by Gasteiger charge is 2.34. The quantitative estimate of drug-likeness (QED) is 0.553. The normalized spacial score (nSPS) is 24.1. The van der Waals surface area contributed by atoms with Crippen molar-refractivity contribution >= 4 is 15.9 Å². The standard InChI is InChI=1S/C28H39N3O4S/c1-21-9-15-26(16-10-21)36(33,34)31-18-17-25(19-31)35-20-27(32)29-24-13-11-23(12-14-24)28(30(2)3)22-7-5-4-6-8-22/h4-10,15-16,23-25,28H,11-14,17-20H2,1-3H3,(H,29,32). The van der Waals surface area contributed by atoms with E-state index in [0.717, 1.165) is 31.2 Å².